The van der Waals surface area contributed by atoms with Crippen LogP contribution in [0.15, 0.2) is 48.5 Å². The molecule has 24 heavy (non-hydrogen) atoms. The molecule has 0 heterocycles. The van der Waals surface area contributed by atoms with Crippen molar-refractivity contribution in [2.45, 2.75) is 19.9 Å². The molecule has 0 saturated heterocycles. The van der Waals surface area contributed by atoms with Crippen molar-refractivity contribution in [2.24, 2.45) is 0 Å². The standard InChI is InChI=1S/C19H20ClNO3/c1-13-4-6-15(7-5-13)19(23)14(2)21(3)18(22)12-24-17-10-8-16(20)9-11-17/h4-11,14H,12H2,1-3H3. The Labute approximate surface area is 147 Å². The smallest absolute Gasteiger partial charge is 0.260 e. The maximum absolute atomic E-state index is 12.5. The lowest BCUT2D eigenvalue weighted by Gasteiger charge is -2.24. The van der Waals surface area contributed by atoms with Gasteiger partial charge >= 0.3 is 0 Å². The average molecular weight is 346 g/mol. The zero-order chi connectivity index (χ0) is 17.7. The first-order valence-electron chi connectivity index (χ1n) is 7.63. The Balaban J connectivity index is 1.94. The van der Waals surface area contributed by atoms with Gasteiger partial charge in [0.2, 0.25) is 0 Å². The minimum absolute atomic E-state index is 0.0997. The third-order valence-corrected chi connectivity index (χ3v) is 4.12. The van der Waals surface area contributed by atoms with Crippen LogP contribution in [0.25, 0.3) is 0 Å². The Morgan fingerprint density at radius 3 is 2.25 bits per heavy atom. The van der Waals surface area contributed by atoms with E-state index in [9.17, 15) is 9.59 Å². The van der Waals surface area contributed by atoms with Gasteiger partial charge in [-0.25, -0.2) is 0 Å². The first-order valence-corrected chi connectivity index (χ1v) is 8.01. The molecular weight excluding hydrogens is 326 g/mol. The third-order valence-electron chi connectivity index (χ3n) is 3.87. The first-order chi connectivity index (χ1) is 11.4. The van der Waals surface area contributed by atoms with Gasteiger partial charge in [0, 0.05) is 17.6 Å². The Morgan fingerprint density at radius 2 is 1.67 bits per heavy atom. The SMILES string of the molecule is Cc1ccc(C(=O)C(C)N(C)C(=O)COc2ccc(Cl)cc2)cc1. The Morgan fingerprint density at radius 1 is 1.08 bits per heavy atom. The lowest BCUT2D eigenvalue weighted by atomic mass is 10.0. The molecule has 0 saturated carbocycles. The summed E-state index contributed by atoms with van der Waals surface area (Å²) in [5.74, 6) is 0.189. The second-order valence-corrected chi connectivity index (χ2v) is 6.09. The van der Waals surface area contributed by atoms with Crippen LogP contribution in [0.2, 0.25) is 5.02 Å². The molecule has 126 valence electrons. The number of halogens is 1. The monoisotopic (exact) mass is 345 g/mol. The summed E-state index contributed by atoms with van der Waals surface area (Å²) in [6.45, 7) is 3.54. The largest absolute Gasteiger partial charge is 0.484 e. The minimum atomic E-state index is -0.561. The third kappa shape index (κ3) is 4.59. The van der Waals surface area contributed by atoms with Gasteiger partial charge in [0.05, 0.1) is 6.04 Å². The van der Waals surface area contributed by atoms with Crippen molar-refractivity contribution in [3.8, 4) is 5.75 Å². The van der Waals surface area contributed by atoms with E-state index in [4.69, 9.17) is 16.3 Å². The van der Waals surface area contributed by atoms with Gasteiger partial charge in [0.1, 0.15) is 5.75 Å². The van der Waals surface area contributed by atoms with Crippen LogP contribution in [0.3, 0.4) is 0 Å². The van der Waals surface area contributed by atoms with Gasteiger partial charge in [0.15, 0.2) is 12.4 Å². The van der Waals surface area contributed by atoms with E-state index < -0.39 is 6.04 Å². The Hall–Kier alpha value is -2.33. The van der Waals surface area contributed by atoms with Crippen LogP contribution < -0.4 is 4.74 Å². The molecule has 0 spiro atoms. The molecule has 5 heteroatoms. The predicted octanol–water partition coefficient (Wildman–Crippen LogP) is 3.76. The quantitative estimate of drug-likeness (QED) is 0.749. The molecule has 1 atom stereocenters. The van der Waals surface area contributed by atoms with Crippen molar-refractivity contribution in [1.82, 2.24) is 4.90 Å². The molecule has 0 fully saturated rings. The van der Waals surface area contributed by atoms with E-state index in [0.717, 1.165) is 5.56 Å². The van der Waals surface area contributed by atoms with Crippen LogP contribution in [0.5, 0.6) is 5.75 Å². The number of ketones is 1. The Kier molecular flexibility index (Phi) is 5.99. The van der Waals surface area contributed by atoms with Gasteiger partial charge in [0.25, 0.3) is 5.91 Å². The van der Waals surface area contributed by atoms with E-state index in [0.29, 0.717) is 16.3 Å². The van der Waals surface area contributed by atoms with E-state index in [-0.39, 0.29) is 18.3 Å². The van der Waals surface area contributed by atoms with Crippen LogP contribution in [0.1, 0.15) is 22.8 Å². The van der Waals surface area contributed by atoms with Crippen molar-refractivity contribution in [2.75, 3.05) is 13.7 Å². The number of benzene rings is 2. The highest BCUT2D eigenvalue weighted by Crippen LogP contribution is 2.16. The van der Waals surface area contributed by atoms with Crippen LogP contribution in [0, 0.1) is 6.92 Å². The second-order valence-electron chi connectivity index (χ2n) is 5.65. The summed E-state index contributed by atoms with van der Waals surface area (Å²) in [4.78, 5) is 26.1. The fourth-order valence-corrected chi connectivity index (χ4v) is 2.25. The van der Waals surface area contributed by atoms with E-state index in [1.165, 1.54) is 4.90 Å². The maximum atomic E-state index is 12.5. The molecular formula is C19H20ClNO3. The van der Waals surface area contributed by atoms with Crippen LogP contribution in [-0.4, -0.2) is 36.3 Å². The van der Waals surface area contributed by atoms with Crippen LogP contribution in [-0.2, 0) is 4.79 Å². The number of carbonyl (C=O) groups excluding carboxylic acids is 2. The number of nitrogens with zero attached hydrogens (tertiary/aromatic N) is 1. The van der Waals surface area contributed by atoms with E-state index in [1.807, 2.05) is 19.1 Å². The molecule has 4 nitrogen and oxygen atoms in total. The summed E-state index contributed by atoms with van der Waals surface area (Å²) >= 11 is 5.80. The number of likely N-dealkylation sites (N-methyl/N-ethyl adjacent to an activating group) is 1. The number of ether oxygens (including phenoxy) is 1. The molecule has 1 unspecified atom stereocenters. The lowest BCUT2D eigenvalue weighted by Crippen LogP contribution is -2.42. The van der Waals surface area contributed by atoms with Gasteiger partial charge in [-0.15, -0.1) is 0 Å². The van der Waals surface area contributed by atoms with Gasteiger partial charge in [-0.05, 0) is 38.1 Å². The van der Waals surface area contributed by atoms with Crippen molar-refractivity contribution >= 4 is 23.3 Å². The molecule has 0 aliphatic carbocycles. The number of aryl methyl sites for hydroxylation is 1. The predicted molar refractivity (Wildman–Crippen MR) is 94.7 cm³/mol. The normalized spacial score (nSPS) is 11.7. The van der Waals surface area contributed by atoms with Gasteiger partial charge in [-0.2, -0.15) is 0 Å². The van der Waals surface area contributed by atoms with E-state index in [1.54, 1.807) is 50.4 Å². The van der Waals surface area contributed by atoms with E-state index in [2.05, 4.69) is 0 Å². The molecule has 0 radical (unpaired) electrons. The molecule has 0 aromatic heterocycles. The molecule has 2 aromatic carbocycles. The number of rotatable bonds is 6. The summed E-state index contributed by atoms with van der Waals surface area (Å²) in [5, 5.41) is 0.600. The molecule has 1 amide bonds. The molecule has 0 aliphatic rings. The Bertz CT molecular complexity index is 710. The van der Waals surface area contributed by atoms with Crippen LogP contribution in [0.4, 0.5) is 0 Å². The van der Waals surface area contributed by atoms with Crippen molar-refractivity contribution in [3.63, 3.8) is 0 Å². The van der Waals surface area contributed by atoms with E-state index >= 15 is 0 Å². The molecule has 0 aliphatic heterocycles. The summed E-state index contributed by atoms with van der Waals surface area (Å²) in [5.41, 5.74) is 1.67. The summed E-state index contributed by atoms with van der Waals surface area (Å²) in [6.07, 6.45) is 0. The fourth-order valence-electron chi connectivity index (χ4n) is 2.13. The van der Waals surface area contributed by atoms with Gasteiger partial charge in [-0.3, -0.25) is 9.59 Å². The summed E-state index contributed by atoms with van der Waals surface area (Å²) < 4.78 is 5.43. The first kappa shape index (κ1) is 18.0. The lowest BCUT2D eigenvalue weighted by molar-refractivity contribution is -0.133. The van der Waals surface area contributed by atoms with Crippen molar-refractivity contribution in [1.29, 1.82) is 0 Å². The molecule has 2 aromatic rings. The zero-order valence-corrected chi connectivity index (χ0v) is 14.7. The number of amides is 1. The van der Waals surface area contributed by atoms with Crippen molar-refractivity contribution < 1.29 is 14.3 Å². The fraction of sp³-hybridized carbons (Fsp3) is 0.263. The number of hydrogen-bond acceptors (Lipinski definition) is 3. The second kappa shape index (κ2) is 7.97. The average Bonchev–Trinajstić information content (AvgIpc) is 2.59. The van der Waals surface area contributed by atoms with Crippen LogP contribution >= 0.6 is 11.6 Å². The molecule has 2 rings (SSSR count). The molecule has 0 N–H and O–H groups in total. The number of carbonyl (C=O) groups is 2. The van der Waals surface area contributed by atoms with Gasteiger partial charge in [-0.1, -0.05) is 41.4 Å². The summed E-state index contributed by atoms with van der Waals surface area (Å²) in [7, 11) is 1.60. The highest BCUT2D eigenvalue weighted by Gasteiger charge is 2.23. The van der Waals surface area contributed by atoms with Gasteiger partial charge < -0.3 is 9.64 Å². The number of hydrogen-bond donors (Lipinski definition) is 0. The highest BCUT2D eigenvalue weighted by atomic mass is 35.5. The highest BCUT2D eigenvalue weighted by molar-refractivity contribution is 6.30. The zero-order valence-electron chi connectivity index (χ0n) is 14.0. The summed E-state index contributed by atoms with van der Waals surface area (Å²) in [6, 6.07) is 13.5. The molecule has 0 bridgehead atoms. The topological polar surface area (TPSA) is 46.6 Å². The van der Waals surface area contributed by atoms with Crippen molar-refractivity contribution in [3.05, 3.63) is 64.7 Å². The maximum Gasteiger partial charge on any atom is 0.260 e. The minimum Gasteiger partial charge on any atom is -0.484 e. The number of Topliss-reactive ketones (excluding diaryl/α,β-unsaturated/α-hetero) is 1.